The van der Waals surface area contributed by atoms with E-state index in [0.29, 0.717) is 11.1 Å². The molecule has 0 radical (unpaired) electrons. The maximum absolute atomic E-state index is 12.3. The lowest BCUT2D eigenvalue weighted by molar-refractivity contribution is 0.0528. The molecule has 0 atom stereocenters. The summed E-state index contributed by atoms with van der Waals surface area (Å²) >= 11 is 0. The molecule has 2 aromatic rings. The number of benzene rings is 2. The van der Waals surface area contributed by atoms with Crippen molar-refractivity contribution < 1.29 is 27.3 Å². The molecular formula is C16H12O6S. The van der Waals surface area contributed by atoms with Crippen molar-refractivity contribution in [2.75, 3.05) is 12.4 Å². The number of rotatable bonds is 4. The van der Waals surface area contributed by atoms with Crippen LogP contribution in [0.1, 0.15) is 26.3 Å². The van der Waals surface area contributed by atoms with Gasteiger partial charge in [-0.2, -0.15) is 8.42 Å². The van der Waals surface area contributed by atoms with E-state index in [2.05, 4.69) is 0 Å². The first-order valence-corrected chi connectivity index (χ1v) is 8.38. The maximum Gasteiger partial charge on any atom is 0.338 e. The largest absolute Gasteiger partial charge is 0.461 e. The van der Waals surface area contributed by atoms with Crippen molar-refractivity contribution in [1.82, 2.24) is 0 Å². The van der Waals surface area contributed by atoms with Crippen molar-refractivity contribution in [3.8, 4) is 11.1 Å². The second-order valence-electron chi connectivity index (χ2n) is 5.06. The van der Waals surface area contributed by atoms with Gasteiger partial charge < -0.3 is 4.74 Å². The Balaban J connectivity index is 1.83. The monoisotopic (exact) mass is 332 g/mol. The topological polar surface area (TPSA) is 97.7 Å². The van der Waals surface area contributed by atoms with Crippen molar-refractivity contribution in [1.29, 1.82) is 0 Å². The van der Waals surface area contributed by atoms with Crippen LogP contribution in [0.15, 0.2) is 42.5 Å². The van der Waals surface area contributed by atoms with Crippen LogP contribution in [0.5, 0.6) is 0 Å². The number of hydrogen-bond acceptors (Lipinski definition) is 5. The fraction of sp³-hybridized carbons (Fsp3) is 0.125. The summed E-state index contributed by atoms with van der Waals surface area (Å²) in [6.45, 7) is -0.455. The highest BCUT2D eigenvalue weighted by Gasteiger charge is 2.27. The first-order valence-electron chi connectivity index (χ1n) is 6.77. The molecule has 6 nitrogen and oxygen atoms in total. The fourth-order valence-corrected chi connectivity index (χ4v) is 2.77. The molecule has 118 valence electrons. The third kappa shape index (κ3) is 3.01. The number of carbonyl (C=O) groups is 2. The Morgan fingerprint density at radius 3 is 2.35 bits per heavy atom. The Morgan fingerprint density at radius 1 is 1.00 bits per heavy atom. The Kier molecular flexibility index (Phi) is 3.75. The Bertz CT molecular complexity index is 914. The van der Waals surface area contributed by atoms with Gasteiger partial charge in [0.15, 0.2) is 5.78 Å². The zero-order valence-corrected chi connectivity index (χ0v) is 12.7. The second-order valence-corrected chi connectivity index (χ2v) is 6.63. The van der Waals surface area contributed by atoms with Crippen LogP contribution < -0.4 is 0 Å². The van der Waals surface area contributed by atoms with Crippen LogP contribution in [-0.4, -0.2) is 37.1 Å². The molecule has 0 spiro atoms. The molecule has 1 N–H and O–H groups in total. The standard InChI is InChI=1S/C16H12O6S/c17-15-13-4-2-1-3-11(13)12-6-5-10(9-14(12)15)16(18)22-7-8-23(19,20)21/h1-6,9H,7-8H2,(H,19,20,21). The van der Waals surface area contributed by atoms with Crippen LogP contribution in [0.4, 0.5) is 0 Å². The van der Waals surface area contributed by atoms with E-state index >= 15 is 0 Å². The molecule has 2 aromatic carbocycles. The van der Waals surface area contributed by atoms with E-state index in [-0.39, 0.29) is 11.3 Å². The zero-order chi connectivity index (χ0) is 16.6. The van der Waals surface area contributed by atoms with E-state index in [1.807, 2.05) is 12.1 Å². The molecule has 0 aliphatic heterocycles. The van der Waals surface area contributed by atoms with Crippen LogP contribution >= 0.6 is 0 Å². The van der Waals surface area contributed by atoms with Crippen LogP contribution in [-0.2, 0) is 14.9 Å². The Morgan fingerprint density at radius 2 is 1.65 bits per heavy atom. The molecule has 7 heteroatoms. The van der Waals surface area contributed by atoms with Gasteiger partial charge in [0.05, 0.1) is 5.56 Å². The molecule has 0 heterocycles. The highest BCUT2D eigenvalue weighted by atomic mass is 32.2. The van der Waals surface area contributed by atoms with Gasteiger partial charge in [-0.05, 0) is 23.3 Å². The zero-order valence-electron chi connectivity index (χ0n) is 11.9. The van der Waals surface area contributed by atoms with Crippen molar-refractivity contribution in [3.05, 3.63) is 59.2 Å². The van der Waals surface area contributed by atoms with Gasteiger partial charge in [-0.1, -0.05) is 30.3 Å². The average Bonchev–Trinajstić information content (AvgIpc) is 2.79. The lowest BCUT2D eigenvalue weighted by Crippen LogP contribution is -2.15. The average molecular weight is 332 g/mol. The van der Waals surface area contributed by atoms with E-state index in [4.69, 9.17) is 9.29 Å². The van der Waals surface area contributed by atoms with Crippen LogP contribution in [0.2, 0.25) is 0 Å². The molecule has 0 saturated heterocycles. The van der Waals surface area contributed by atoms with E-state index in [1.54, 1.807) is 18.2 Å². The number of ether oxygens (including phenoxy) is 1. The van der Waals surface area contributed by atoms with Crippen LogP contribution in [0.25, 0.3) is 11.1 Å². The predicted molar refractivity (Wildman–Crippen MR) is 82.0 cm³/mol. The third-order valence-corrected chi connectivity index (χ3v) is 4.22. The number of hydrogen-bond donors (Lipinski definition) is 1. The van der Waals surface area contributed by atoms with E-state index in [1.165, 1.54) is 12.1 Å². The normalized spacial score (nSPS) is 12.7. The van der Waals surface area contributed by atoms with Crippen LogP contribution in [0.3, 0.4) is 0 Å². The molecule has 0 amide bonds. The highest BCUT2D eigenvalue weighted by molar-refractivity contribution is 7.85. The first kappa shape index (κ1) is 15.4. The van der Waals surface area contributed by atoms with E-state index in [9.17, 15) is 18.0 Å². The smallest absolute Gasteiger partial charge is 0.338 e. The molecule has 3 rings (SSSR count). The van der Waals surface area contributed by atoms with Crippen molar-refractivity contribution in [2.45, 2.75) is 0 Å². The summed E-state index contributed by atoms with van der Waals surface area (Å²) in [6.07, 6.45) is 0. The van der Waals surface area contributed by atoms with Crippen molar-refractivity contribution in [2.24, 2.45) is 0 Å². The molecule has 0 aromatic heterocycles. The summed E-state index contributed by atoms with van der Waals surface area (Å²) in [4.78, 5) is 24.2. The highest BCUT2D eigenvalue weighted by Crippen LogP contribution is 2.36. The van der Waals surface area contributed by atoms with E-state index in [0.717, 1.165) is 11.1 Å². The van der Waals surface area contributed by atoms with Gasteiger partial charge in [0.2, 0.25) is 0 Å². The van der Waals surface area contributed by atoms with Gasteiger partial charge >= 0.3 is 5.97 Å². The summed E-state index contributed by atoms with van der Waals surface area (Å²) in [5.41, 5.74) is 2.72. The van der Waals surface area contributed by atoms with Gasteiger partial charge in [0.1, 0.15) is 12.4 Å². The minimum absolute atomic E-state index is 0.153. The quantitative estimate of drug-likeness (QED) is 0.579. The number of carbonyl (C=O) groups excluding carboxylic acids is 2. The van der Waals surface area contributed by atoms with Gasteiger partial charge in [-0.15, -0.1) is 0 Å². The SMILES string of the molecule is O=C(OCCS(=O)(=O)O)c1ccc2c(c1)C(=O)c1ccccc1-2. The summed E-state index contributed by atoms with van der Waals surface area (Å²) in [5.74, 6) is -1.59. The van der Waals surface area contributed by atoms with Gasteiger partial charge in [0.25, 0.3) is 10.1 Å². The molecule has 23 heavy (non-hydrogen) atoms. The molecule has 0 fully saturated rings. The minimum Gasteiger partial charge on any atom is -0.461 e. The third-order valence-electron chi connectivity index (χ3n) is 3.54. The molecule has 0 saturated carbocycles. The lowest BCUT2D eigenvalue weighted by atomic mass is 10.0. The number of fused-ring (bicyclic) bond motifs is 3. The van der Waals surface area contributed by atoms with E-state index < -0.39 is 28.4 Å². The van der Waals surface area contributed by atoms with Crippen molar-refractivity contribution in [3.63, 3.8) is 0 Å². The Labute approximate surface area is 132 Å². The Hall–Kier alpha value is -2.51. The lowest BCUT2D eigenvalue weighted by Gasteiger charge is -2.05. The number of esters is 1. The van der Waals surface area contributed by atoms with Crippen LogP contribution in [0, 0.1) is 0 Å². The molecule has 0 bridgehead atoms. The molecule has 1 aliphatic carbocycles. The summed E-state index contributed by atoms with van der Waals surface area (Å²) in [5, 5.41) is 0. The number of ketones is 1. The fourth-order valence-electron chi connectivity index (χ4n) is 2.48. The summed E-state index contributed by atoms with van der Waals surface area (Å²) in [6, 6.07) is 11.8. The molecule has 1 aliphatic rings. The summed E-state index contributed by atoms with van der Waals surface area (Å²) < 4.78 is 34.6. The molecular weight excluding hydrogens is 320 g/mol. The maximum atomic E-state index is 12.3. The molecule has 0 unspecified atom stereocenters. The van der Waals surface area contributed by atoms with Gasteiger partial charge in [-0.3, -0.25) is 9.35 Å². The predicted octanol–water partition coefficient (Wildman–Crippen LogP) is 1.94. The first-order chi connectivity index (χ1) is 10.9. The second kappa shape index (κ2) is 5.60. The van der Waals surface area contributed by atoms with Gasteiger partial charge in [0, 0.05) is 11.1 Å². The minimum atomic E-state index is -4.19. The van der Waals surface area contributed by atoms with Gasteiger partial charge in [-0.25, -0.2) is 4.79 Å². The summed E-state index contributed by atoms with van der Waals surface area (Å²) in [7, 11) is -4.19. The van der Waals surface area contributed by atoms with Crippen molar-refractivity contribution >= 4 is 21.9 Å².